The lowest BCUT2D eigenvalue weighted by Gasteiger charge is -1.94. The molecule has 7 heteroatoms. The highest BCUT2D eigenvalue weighted by atomic mass is 35.7. The van der Waals surface area contributed by atoms with Crippen LogP contribution in [0.3, 0.4) is 0 Å². The van der Waals surface area contributed by atoms with Crippen LogP contribution in [-0.4, -0.2) is 19.4 Å². The van der Waals surface area contributed by atoms with Crippen molar-refractivity contribution in [2.24, 2.45) is 0 Å². The van der Waals surface area contributed by atoms with E-state index in [1.165, 1.54) is 30.2 Å². The Hall–Kier alpha value is -0.850. The summed E-state index contributed by atoms with van der Waals surface area (Å²) in [6.07, 6.45) is 2.36. The highest BCUT2D eigenvalue weighted by Gasteiger charge is 2.22. The smallest absolute Gasteiger partial charge is 0.261 e. The van der Waals surface area contributed by atoms with E-state index in [1.807, 2.05) is 0 Å². The molecule has 1 saturated carbocycles. The summed E-state index contributed by atoms with van der Waals surface area (Å²) in [5.74, 6) is 0. The maximum atomic E-state index is 11.2. The van der Waals surface area contributed by atoms with Gasteiger partial charge in [0.25, 0.3) is 9.05 Å². The van der Waals surface area contributed by atoms with E-state index in [9.17, 15) is 8.42 Å². The summed E-state index contributed by atoms with van der Waals surface area (Å²) in [5.41, 5.74) is 0.794. The first-order chi connectivity index (χ1) is 8.02. The van der Waals surface area contributed by atoms with Gasteiger partial charge in [-0.25, -0.2) is 13.4 Å². The Labute approximate surface area is 107 Å². The minimum atomic E-state index is -3.67. The van der Waals surface area contributed by atoms with Crippen LogP contribution in [0, 0.1) is 0 Å². The van der Waals surface area contributed by atoms with E-state index in [1.54, 1.807) is 12.1 Å². The van der Waals surface area contributed by atoms with Gasteiger partial charge in [-0.15, -0.1) is 0 Å². The van der Waals surface area contributed by atoms with Gasteiger partial charge in [-0.3, -0.25) is 0 Å². The fourth-order valence-corrected chi connectivity index (χ4v) is 3.35. The Morgan fingerprint density at radius 2 is 2.18 bits per heavy atom. The lowest BCUT2D eigenvalue weighted by molar-refractivity contribution is 0.609. The summed E-state index contributed by atoms with van der Waals surface area (Å²) >= 11 is 1.45. The Morgan fingerprint density at radius 1 is 1.41 bits per heavy atom. The van der Waals surface area contributed by atoms with Crippen molar-refractivity contribution in [2.45, 2.75) is 23.8 Å². The Bertz CT molecular complexity index is 677. The fraction of sp³-hybridized carbons (Fsp3) is 0.300. The molecule has 1 heterocycles. The van der Waals surface area contributed by atoms with E-state index in [2.05, 4.69) is 10.3 Å². The van der Waals surface area contributed by atoms with Crippen molar-refractivity contribution in [2.75, 3.05) is 5.32 Å². The second-order valence-electron chi connectivity index (χ2n) is 4.01. The number of nitrogens with zero attached hydrogens (tertiary/aromatic N) is 1. The second kappa shape index (κ2) is 3.83. The SMILES string of the molecule is O=S(=O)(Cl)c1ccc2nc(NC3CC3)sc2c1. The first-order valence-electron chi connectivity index (χ1n) is 5.14. The first-order valence-corrected chi connectivity index (χ1v) is 8.27. The number of aromatic nitrogens is 1. The first kappa shape index (κ1) is 11.3. The summed E-state index contributed by atoms with van der Waals surface area (Å²) in [7, 11) is 1.64. The number of fused-ring (bicyclic) bond motifs is 1. The highest BCUT2D eigenvalue weighted by molar-refractivity contribution is 8.13. The summed E-state index contributed by atoms with van der Waals surface area (Å²) in [5, 5.41) is 4.13. The van der Waals surface area contributed by atoms with Gasteiger partial charge in [0.1, 0.15) is 0 Å². The van der Waals surface area contributed by atoms with Crippen LogP contribution in [-0.2, 0) is 9.05 Å². The zero-order valence-electron chi connectivity index (χ0n) is 8.68. The lowest BCUT2D eigenvalue weighted by Crippen LogP contribution is -1.99. The molecule has 0 aliphatic heterocycles. The molecule has 4 nitrogen and oxygen atoms in total. The predicted octanol–water partition coefficient (Wildman–Crippen LogP) is 2.80. The van der Waals surface area contributed by atoms with Crippen molar-refractivity contribution in [3.8, 4) is 0 Å². The molecule has 0 spiro atoms. The molecule has 1 N–H and O–H groups in total. The second-order valence-corrected chi connectivity index (χ2v) is 7.60. The van der Waals surface area contributed by atoms with Crippen molar-refractivity contribution < 1.29 is 8.42 Å². The van der Waals surface area contributed by atoms with Gasteiger partial charge in [0.2, 0.25) is 0 Å². The van der Waals surface area contributed by atoms with E-state index in [0.717, 1.165) is 15.3 Å². The third kappa shape index (κ3) is 2.38. The number of nitrogens with one attached hydrogen (secondary N) is 1. The van der Waals surface area contributed by atoms with Gasteiger partial charge >= 0.3 is 0 Å². The van der Waals surface area contributed by atoms with Crippen LogP contribution in [0.2, 0.25) is 0 Å². The van der Waals surface area contributed by atoms with Crippen LogP contribution in [0.25, 0.3) is 10.2 Å². The number of thiazole rings is 1. The fourth-order valence-electron chi connectivity index (χ4n) is 1.52. The average Bonchev–Trinajstić information content (AvgIpc) is 2.95. The van der Waals surface area contributed by atoms with E-state index >= 15 is 0 Å². The largest absolute Gasteiger partial charge is 0.359 e. The maximum absolute atomic E-state index is 11.2. The topological polar surface area (TPSA) is 59.1 Å². The number of benzene rings is 1. The molecule has 2 aromatic rings. The van der Waals surface area contributed by atoms with Crippen molar-refractivity contribution in [1.82, 2.24) is 4.98 Å². The van der Waals surface area contributed by atoms with Gasteiger partial charge in [-0.05, 0) is 31.0 Å². The maximum Gasteiger partial charge on any atom is 0.261 e. The van der Waals surface area contributed by atoms with Crippen LogP contribution in [0.4, 0.5) is 5.13 Å². The highest BCUT2D eigenvalue weighted by Crippen LogP contribution is 2.32. The summed E-state index contributed by atoms with van der Waals surface area (Å²) in [6, 6.07) is 5.25. The van der Waals surface area contributed by atoms with E-state index < -0.39 is 9.05 Å². The number of hydrogen-bond acceptors (Lipinski definition) is 5. The normalized spacial score (nSPS) is 16.3. The van der Waals surface area contributed by atoms with Crippen LogP contribution in [0.5, 0.6) is 0 Å². The molecular formula is C10H9ClN2O2S2. The van der Waals surface area contributed by atoms with E-state index in [-0.39, 0.29) is 4.90 Å². The van der Waals surface area contributed by atoms with E-state index in [0.29, 0.717) is 6.04 Å². The Kier molecular flexibility index (Phi) is 2.53. The number of hydrogen-bond donors (Lipinski definition) is 1. The Morgan fingerprint density at radius 3 is 2.82 bits per heavy atom. The predicted molar refractivity (Wildman–Crippen MR) is 69.3 cm³/mol. The molecule has 90 valence electrons. The third-order valence-electron chi connectivity index (χ3n) is 2.55. The summed E-state index contributed by atoms with van der Waals surface area (Å²) in [4.78, 5) is 4.50. The van der Waals surface area contributed by atoms with Gasteiger partial charge in [-0.1, -0.05) is 11.3 Å². The molecule has 17 heavy (non-hydrogen) atoms. The number of halogens is 1. The van der Waals surface area contributed by atoms with Crippen molar-refractivity contribution in [3.63, 3.8) is 0 Å². The van der Waals surface area contributed by atoms with Gasteiger partial charge in [0.15, 0.2) is 5.13 Å². The van der Waals surface area contributed by atoms with Gasteiger partial charge < -0.3 is 5.32 Å². The van der Waals surface area contributed by atoms with Crippen LogP contribution < -0.4 is 5.32 Å². The molecule has 0 radical (unpaired) electrons. The van der Waals surface area contributed by atoms with Crippen LogP contribution in [0.15, 0.2) is 23.1 Å². The quantitative estimate of drug-likeness (QED) is 0.882. The van der Waals surface area contributed by atoms with Crippen LogP contribution in [0.1, 0.15) is 12.8 Å². The molecule has 0 amide bonds. The molecular weight excluding hydrogens is 280 g/mol. The zero-order valence-corrected chi connectivity index (χ0v) is 11.1. The molecule has 0 unspecified atom stereocenters. The number of rotatable bonds is 3. The standard InChI is InChI=1S/C10H9ClN2O2S2/c11-17(14,15)7-3-4-8-9(5-7)16-10(13-8)12-6-1-2-6/h3-6H,1-2H2,(H,12,13). The molecule has 0 saturated heterocycles. The number of anilines is 1. The molecule has 1 aliphatic carbocycles. The minimum Gasteiger partial charge on any atom is -0.359 e. The lowest BCUT2D eigenvalue weighted by atomic mass is 10.3. The molecule has 1 fully saturated rings. The molecule has 1 aromatic heterocycles. The third-order valence-corrected chi connectivity index (χ3v) is 4.85. The average molecular weight is 289 g/mol. The summed E-state index contributed by atoms with van der Waals surface area (Å²) in [6.45, 7) is 0. The molecule has 1 aromatic carbocycles. The van der Waals surface area contributed by atoms with Crippen molar-refractivity contribution >= 4 is 46.4 Å². The molecule has 0 atom stereocenters. The van der Waals surface area contributed by atoms with Crippen molar-refractivity contribution in [1.29, 1.82) is 0 Å². The minimum absolute atomic E-state index is 0.119. The molecule has 3 rings (SSSR count). The monoisotopic (exact) mass is 288 g/mol. The summed E-state index contributed by atoms with van der Waals surface area (Å²) < 4.78 is 23.2. The van der Waals surface area contributed by atoms with Gasteiger partial charge in [0.05, 0.1) is 15.1 Å². The van der Waals surface area contributed by atoms with E-state index in [4.69, 9.17) is 10.7 Å². The molecule has 1 aliphatic rings. The molecule has 0 bridgehead atoms. The van der Waals surface area contributed by atoms with Gasteiger partial charge in [0, 0.05) is 16.7 Å². The van der Waals surface area contributed by atoms with Gasteiger partial charge in [-0.2, -0.15) is 0 Å². The zero-order chi connectivity index (χ0) is 12.0. The van der Waals surface area contributed by atoms with Crippen LogP contribution >= 0.6 is 22.0 Å². The Balaban J connectivity index is 2.03. The van der Waals surface area contributed by atoms with Crippen molar-refractivity contribution in [3.05, 3.63) is 18.2 Å².